The van der Waals surface area contributed by atoms with Crippen molar-refractivity contribution >= 4 is 23.8 Å². The van der Waals surface area contributed by atoms with Crippen LogP contribution in [0.1, 0.15) is 74.4 Å². The van der Waals surface area contributed by atoms with E-state index in [1.165, 1.54) is 4.90 Å². The van der Waals surface area contributed by atoms with Crippen LogP contribution in [0.3, 0.4) is 0 Å². The Balaban J connectivity index is 1.39. The maximum atomic E-state index is 12.8. The number of hydrogen-bond donors (Lipinski definition) is 1. The number of carbonyl (C=O) groups excluding carboxylic acids is 4. The molecule has 11 nitrogen and oxygen atoms in total. The van der Waals surface area contributed by atoms with Crippen LogP contribution in [-0.4, -0.2) is 63.9 Å². The smallest absolute Gasteiger partial charge is 0.410 e. The van der Waals surface area contributed by atoms with Gasteiger partial charge in [-0.15, -0.1) is 0 Å². The van der Waals surface area contributed by atoms with Crippen LogP contribution in [0.5, 0.6) is 0 Å². The molecule has 1 aromatic rings. The van der Waals surface area contributed by atoms with Crippen LogP contribution < -0.4 is 5.32 Å². The lowest BCUT2D eigenvalue weighted by Crippen LogP contribution is -2.52. The second kappa shape index (κ2) is 10.5. The van der Waals surface area contributed by atoms with Crippen LogP contribution in [0, 0.1) is 11.8 Å². The number of imide groups is 1. The lowest BCUT2D eigenvalue weighted by Gasteiger charge is -2.41. The van der Waals surface area contributed by atoms with Crippen molar-refractivity contribution in [1.82, 2.24) is 15.1 Å². The molecule has 1 N–H and O–H groups in total. The zero-order chi connectivity index (χ0) is 26.7. The minimum absolute atomic E-state index is 0.0589. The number of hydrogen-bond acceptors (Lipinski definition) is 6. The standard InChI is InChI=1S/C26H30N6O5/c1-26(2,3)37-25(36)31(19-13-18(14-19)29-30-27)11-5-4-6-16-7-8-20-17(12-16)15-32(24(20)35)21-9-10-22(33)28-23(21)34/h7-8,12,18-19,21H,5,9-11,13-15H2,1-3H3,(H,28,33,34). The molecule has 4 amide bonds. The summed E-state index contributed by atoms with van der Waals surface area (Å²) >= 11 is 0. The molecule has 2 fully saturated rings. The summed E-state index contributed by atoms with van der Waals surface area (Å²) in [5, 5.41) is 6.02. The molecule has 11 heteroatoms. The summed E-state index contributed by atoms with van der Waals surface area (Å²) in [6.45, 7) is 6.10. The molecular formula is C26H30N6O5. The van der Waals surface area contributed by atoms with Crippen molar-refractivity contribution in [3.8, 4) is 11.8 Å². The molecule has 0 bridgehead atoms. The van der Waals surface area contributed by atoms with E-state index in [-0.39, 0.29) is 36.9 Å². The van der Waals surface area contributed by atoms with E-state index >= 15 is 0 Å². The van der Waals surface area contributed by atoms with E-state index < -0.39 is 23.6 Å². The number of amides is 4. The molecule has 0 radical (unpaired) electrons. The van der Waals surface area contributed by atoms with E-state index in [9.17, 15) is 19.2 Å². The lowest BCUT2D eigenvalue weighted by molar-refractivity contribution is -0.136. The Kier molecular flexibility index (Phi) is 7.41. The molecule has 1 atom stereocenters. The summed E-state index contributed by atoms with van der Waals surface area (Å²) in [6.07, 6.45) is 1.72. The van der Waals surface area contributed by atoms with Crippen molar-refractivity contribution < 1.29 is 23.9 Å². The minimum Gasteiger partial charge on any atom is -0.444 e. The van der Waals surface area contributed by atoms with Crippen LogP contribution in [0.4, 0.5) is 4.79 Å². The number of azide groups is 1. The van der Waals surface area contributed by atoms with Gasteiger partial charge in [0.25, 0.3) is 5.91 Å². The SMILES string of the molecule is CC(C)(C)OC(=O)N(CCC#Cc1ccc2c(c1)CN(C1CCC(=O)NC1=O)C2=O)C1CC(N=[N+]=[N-])C1. The molecule has 0 aromatic heterocycles. The highest BCUT2D eigenvalue weighted by Gasteiger charge is 2.39. The fourth-order valence-corrected chi connectivity index (χ4v) is 4.72. The summed E-state index contributed by atoms with van der Waals surface area (Å²) < 4.78 is 5.55. The number of nitrogens with zero attached hydrogens (tertiary/aromatic N) is 5. The highest BCUT2D eigenvalue weighted by atomic mass is 16.6. The van der Waals surface area contributed by atoms with Crippen molar-refractivity contribution in [2.75, 3.05) is 6.54 Å². The van der Waals surface area contributed by atoms with Crippen LogP contribution in [-0.2, 0) is 20.9 Å². The second-order valence-electron chi connectivity index (χ2n) is 10.5. The molecule has 37 heavy (non-hydrogen) atoms. The van der Waals surface area contributed by atoms with Crippen molar-refractivity contribution in [2.24, 2.45) is 5.11 Å². The lowest BCUT2D eigenvalue weighted by atomic mass is 9.86. The molecule has 3 aliphatic rings. The molecule has 1 aliphatic carbocycles. The van der Waals surface area contributed by atoms with Crippen LogP contribution in [0.15, 0.2) is 23.3 Å². The molecule has 1 aromatic carbocycles. The van der Waals surface area contributed by atoms with Gasteiger partial charge in [-0.2, -0.15) is 0 Å². The Morgan fingerprint density at radius 2 is 2.05 bits per heavy atom. The van der Waals surface area contributed by atoms with Gasteiger partial charge in [0.05, 0.1) is 0 Å². The maximum Gasteiger partial charge on any atom is 0.410 e. The van der Waals surface area contributed by atoms with Gasteiger partial charge in [0, 0.05) is 54.1 Å². The van der Waals surface area contributed by atoms with Crippen LogP contribution in [0.2, 0.25) is 0 Å². The molecule has 1 saturated carbocycles. The van der Waals surface area contributed by atoms with Crippen molar-refractivity contribution in [2.45, 2.75) is 83.1 Å². The number of fused-ring (bicyclic) bond motifs is 1. The molecule has 0 spiro atoms. The fourth-order valence-electron chi connectivity index (χ4n) is 4.72. The van der Waals surface area contributed by atoms with E-state index in [2.05, 4.69) is 27.2 Å². The highest BCUT2D eigenvalue weighted by molar-refractivity contribution is 6.05. The summed E-state index contributed by atoms with van der Waals surface area (Å²) in [5.41, 5.74) is 10.1. The summed E-state index contributed by atoms with van der Waals surface area (Å²) in [4.78, 5) is 55.3. The van der Waals surface area contributed by atoms with Gasteiger partial charge in [-0.05, 0) is 69.3 Å². The molecule has 1 saturated heterocycles. The largest absolute Gasteiger partial charge is 0.444 e. The van der Waals surface area contributed by atoms with Gasteiger partial charge in [-0.3, -0.25) is 19.7 Å². The number of carbonyl (C=O) groups is 4. The average molecular weight is 507 g/mol. The van der Waals surface area contributed by atoms with E-state index in [0.29, 0.717) is 37.8 Å². The zero-order valence-corrected chi connectivity index (χ0v) is 21.2. The summed E-state index contributed by atoms with van der Waals surface area (Å²) in [5.74, 6) is 5.21. The van der Waals surface area contributed by atoms with Crippen LogP contribution in [0.25, 0.3) is 10.4 Å². The Hall–Kier alpha value is -4.03. The normalized spacial score (nSPS) is 22.6. The van der Waals surface area contributed by atoms with Gasteiger partial charge < -0.3 is 14.5 Å². The van der Waals surface area contributed by atoms with Gasteiger partial charge in [0.1, 0.15) is 11.6 Å². The molecule has 2 heterocycles. The minimum atomic E-state index is -0.657. The van der Waals surface area contributed by atoms with Gasteiger partial charge in [-0.1, -0.05) is 17.0 Å². The third-order valence-corrected chi connectivity index (χ3v) is 6.61. The first-order valence-corrected chi connectivity index (χ1v) is 12.4. The Morgan fingerprint density at radius 1 is 1.30 bits per heavy atom. The number of benzene rings is 1. The number of rotatable bonds is 5. The molecular weight excluding hydrogens is 476 g/mol. The fraction of sp³-hybridized carbons (Fsp3) is 0.538. The van der Waals surface area contributed by atoms with Gasteiger partial charge in [0.2, 0.25) is 11.8 Å². The number of piperidine rings is 1. The molecule has 1 unspecified atom stereocenters. The predicted molar refractivity (Wildman–Crippen MR) is 133 cm³/mol. The first-order valence-electron chi connectivity index (χ1n) is 12.4. The average Bonchev–Trinajstić information content (AvgIpc) is 3.11. The Labute approximate surface area is 215 Å². The number of ether oxygens (including phenoxy) is 1. The third kappa shape index (κ3) is 6.04. The second-order valence-corrected chi connectivity index (χ2v) is 10.5. The van der Waals surface area contributed by atoms with E-state index in [1.807, 2.05) is 26.8 Å². The molecule has 194 valence electrons. The van der Waals surface area contributed by atoms with E-state index in [1.54, 1.807) is 17.0 Å². The third-order valence-electron chi connectivity index (χ3n) is 6.61. The van der Waals surface area contributed by atoms with Crippen molar-refractivity contribution in [3.05, 3.63) is 45.3 Å². The summed E-state index contributed by atoms with van der Waals surface area (Å²) in [6, 6.07) is 4.49. The molecule has 4 rings (SSSR count). The predicted octanol–water partition coefficient (Wildman–Crippen LogP) is 3.27. The topological polar surface area (TPSA) is 145 Å². The highest BCUT2D eigenvalue weighted by Crippen LogP contribution is 2.30. The molecule has 2 aliphatic heterocycles. The summed E-state index contributed by atoms with van der Waals surface area (Å²) in [7, 11) is 0. The van der Waals surface area contributed by atoms with Crippen LogP contribution >= 0.6 is 0 Å². The monoisotopic (exact) mass is 506 g/mol. The Bertz CT molecular complexity index is 1230. The van der Waals surface area contributed by atoms with Gasteiger partial charge >= 0.3 is 6.09 Å². The van der Waals surface area contributed by atoms with E-state index in [4.69, 9.17) is 10.3 Å². The zero-order valence-electron chi connectivity index (χ0n) is 21.2. The van der Waals surface area contributed by atoms with Crippen molar-refractivity contribution in [3.63, 3.8) is 0 Å². The van der Waals surface area contributed by atoms with Crippen molar-refractivity contribution in [1.29, 1.82) is 0 Å². The first kappa shape index (κ1) is 26.0. The van der Waals surface area contributed by atoms with E-state index in [0.717, 1.165) is 11.1 Å². The van der Waals surface area contributed by atoms with Gasteiger partial charge in [0.15, 0.2) is 0 Å². The van der Waals surface area contributed by atoms with Gasteiger partial charge in [-0.25, -0.2) is 4.79 Å². The maximum absolute atomic E-state index is 12.8. The first-order chi connectivity index (χ1) is 17.6. The quantitative estimate of drug-likeness (QED) is 0.214. The Morgan fingerprint density at radius 3 is 2.73 bits per heavy atom. The number of nitrogens with one attached hydrogen (secondary N) is 1.